The van der Waals surface area contributed by atoms with Crippen molar-refractivity contribution in [3.63, 3.8) is 0 Å². The Labute approximate surface area is 86.0 Å². The Hall–Kier alpha value is -0.790. The molecule has 0 spiro atoms. The van der Waals surface area contributed by atoms with Crippen LogP contribution in [-0.2, 0) is 4.79 Å². The maximum Gasteiger partial charge on any atom is 0.331 e. The third-order valence-corrected chi connectivity index (χ3v) is 3.48. The number of hydrogen-bond donors (Lipinski definition) is 1. The molecule has 0 radical (unpaired) electrons. The third-order valence-electron chi connectivity index (χ3n) is 3.48. The molecule has 0 aromatic carbocycles. The van der Waals surface area contributed by atoms with Crippen LogP contribution in [0.2, 0.25) is 0 Å². The molecule has 0 bridgehead atoms. The van der Waals surface area contributed by atoms with E-state index in [2.05, 4.69) is 13.8 Å². The molecule has 1 rings (SSSR count). The fraction of sp³-hybridized carbons (Fsp3) is 0.750. The first-order chi connectivity index (χ1) is 6.56. The lowest BCUT2D eigenvalue weighted by molar-refractivity contribution is -0.132. The summed E-state index contributed by atoms with van der Waals surface area (Å²) in [5.41, 5.74) is 1.84. The van der Waals surface area contributed by atoms with Gasteiger partial charge in [-0.05, 0) is 37.5 Å². The topological polar surface area (TPSA) is 37.3 Å². The number of allylic oxidation sites excluding steroid dienone is 1. The van der Waals surface area contributed by atoms with Crippen LogP contribution in [0.25, 0.3) is 0 Å². The van der Waals surface area contributed by atoms with Gasteiger partial charge in [-0.3, -0.25) is 0 Å². The van der Waals surface area contributed by atoms with E-state index in [-0.39, 0.29) is 0 Å². The minimum Gasteiger partial charge on any atom is -0.478 e. The molecule has 2 atom stereocenters. The van der Waals surface area contributed by atoms with E-state index in [1.165, 1.54) is 5.57 Å². The molecule has 0 amide bonds. The Morgan fingerprint density at radius 1 is 1.43 bits per heavy atom. The van der Waals surface area contributed by atoms with Gasteiger partial charge in [-0.15, -0.1) is 0 Å². The van der Waals surface area contributed by atoms with Crippen LogP contribution in [0.3, 0.4) is 0 Å². The quantitative estimate of drug-likeness (QED) is 0.688. The normalized spacial score (nSPS) is 31.4. The fourth-order valence-electron chi connectivity index (χ4n) is 2.20. The fourth-order valence-corrected chi connectivity index (χ4v) is 2.20. The van der Waals surface area contributed by atoms with E-state index in [0.717, 1.165) is 25.2 Å². The lowest BCUT2D eigenvalue weighted by Crippen LogP contribution is -2.17. The van der Waals surface area contributed by atoms with Crippen LogP contribution in [0.5, 0.6) is 0 Å². The molecule has 1 aliphatic rings. The van der Waals surface area contributed by atoms with Crippen molar-refractivity contribution in [3.05, 3.63) is 11.1 Å². The van der Waals surface area contributed by atoms with Crippen molar-refractivity contribution in [2.24, 2.45) is 11.8 Å². The standard InChI is InChI=1S/C12H20O2/c1-4-11(12(13)14)10-6-5-8(2)9(3)7-10/h8-9H,4-7H2,1-3H3,(H,13,14)/b11-10-. The summed E-state index contributed by atoms with van der Waals surface area (Å²) in [6, 6.07) is 0. The molecule has 1 saturated carbocycles. The second-order valence-corrected chi connectivity index (χ2v) is 4.44. The first-order valence-corrected chi connectivity index (χ1v) is 5.50. The Kier molecular flexibility index (Phi) is 3.73. The van der Waals surface area contributed by atoms with E-state index in [1.807, 2.05) is 6.92 Å². The molecule has 0 aliphatic heterocycles. The van der Waals surface area contributed by atoms with Crippen molar-refractivity contribution < 1.29 is 9.90 Å². The maximum atomic E-state index is 11.0. The van der Waals surface area contributed by atoms with Crippen LogP contribution in [0.1, 0.15) is 46.5 Å². The summed E-state index contributed by atoms with van der Waals surface area (Å²) in [5, 5.41) is 9.02. The van der Waals surface area contributed by atoms with Crippen LogP contribution < -0.4 is 0 Å². The zero-order chi connectivity index (χ0) is 10.7. The van der Waals surface area contributed by atoms with Crippen LogP contribution in [0.15, 0.2) is 11.1 Å². The van der Waals surface area contributed by atoms with E-state index in [4.69, 9.17) is 5.11 Å². The van der Waals surface area contributed by atoms with E-state index in [9.17, 15) is 4.79 Å². The first-order valence-electron chi connectivity index (χ1n) is 5.50. The number of rotatable bonds is 2. The van der Waals surface area contributed by atoms with Crippen LogP contribution in [0, 0.1) is 11.8 Å². The number of hydrogen-bond acceptors (Lipinski definition) is 1. The summed E-state index contributed by atoms with van der Waals surface area (Å²) in [4.78, 5) is 11.0. The largest absolute Gasteiger partial charge is 0.478 e. The number of aliphatic carboxylic acids is 1. The highest BCUT2D eigenvalue weighted by Gasteiger charge is 2.23. The van der Waals surface area contributed by atoms with Gasteiger partial charge >= 0.3 is 5.97 Å². The predicted octanol–water partition coefficient (Wildman–Crippen LogP) is 3.23. The summed E-state index contributed by atoms with van der Waals surface area (Å²) in [7, 11) is 0. The molecule has 0 heterocycles. The van der Waals surface area contributed by atoms with Crippen LogP contribution >= 0.6 is 0 Å². The molecule has 0 saturated heterocycles. The van der Waals surface area contributed by atoms with Gasteiger partial charge in [0.25, 0.3) is 0 Å². The monoisotopic (exact) mass is 196 g/mol. The Bertz CT molecular complexity index is 253. The summed E-state index contributed by atoms with van der Waals surface area (Å²) in [6.45, 7) is 6.41. The average Bonchev–Trinajstić information content (AvgIpc) is 2.11. The summed E-state index contributed by atoms with van der Waals surface area (Å²) in [6.07, 6.45) is 3.77. The smallest absolute Gasteiger partial charge is 0.331 e. The van der Waals surface area contributed by atoms with E-state index < -0.39 is 5.97 Å². The molecule has 0 aromatic heterocycles. The van der Waals surface area contributed by atoms with Crippen molar-refractivity contribution in [1.29, 1.82) is 0 Å². The lowest BCUT2D eigenvalue weighted by atomic mass is 9.77. The van der Waals surface area contributed by atoms with E-state index in [1.54, 1.807) is 0 Å². The number of carbonyl (C=O) groups is 1. The molecule has 1 fully saturated rings. The second kappa shape index (κ2) is 4.63. The maximum absolute atomic E-state index is 11.0. The summed E-state index contributed by atoms with van der Waals surface area (Å²) in [5.74, 6) is 0.662. The number of carboxylic acid groups (broad SMARTS) is 1. The minimum absolute atomic E-state index is 0.639. The van der Waals surface area contributed by atoms with Gasteiger partial charge in [0, 0.05) is 5.57 Å². The minimum atomic E-state index is -0.718. The predicted molar refractivity (Wildman–Crippen MR) is 57.1 cm³/mol. The molecular weight excluding hydrogens is 176 g/mol. The molecule has 2 heteroatoms. The first kappa shape index (κ1) is 11.3. The molecule has 2 nitrogen and oxygen atoms in total. The third kappa shape index (κ3) is 2.37. The van der Waals surface area contributed by atoms with Gasteiger partial charge < -0.3 is 5.11 Å². The molecule has 1 aliphatic carbocycles. The van der Waals surface area contributed by atoms with Gasteiger partial charge in [0.2, 0.25) is 0 Å². The zero-order valence-corrected chi connectivity index (χ0v) is 9.34. The van der Waals surface area contributed by atoms with Crippen molar-refractivity contribution in [1.82, 2.24) is 0 Å². The molecule has 2 unspecified atom stereocenters. The van der Waals surface area contributed by atoms with Gasteiger partial charge in [0.15, 0.2) is 0 Å². The Morgan fingerprint density at radius 3 is 2.50 bits per heavy atom. The Balaban J connectivity index is 2.82. The van der Waals surface area contributed by atoms with Crippen molar-refractivity contribution in [2.75, 3.05) is 0 Å². The lowest BCUT2D eigenvalue weighted by Gasteiger charge is -2.28. The highest BCUT2D eigenvalue weighted by molar-refractivity contribution is 5.87. The van der Waals surface area contributed by atoms with Gasteiger partial charge in [-0.25, -0.2) is 4.79 Å². The average molecular weight is 196 g/mol. The highest BCUT2D eigenvalue weighted by atomic mass is 16.4. The van der Waals surface area contributed by atoms with E-state index >= 15 is 0 Å². The highest BCUT2D eigenvalue weighted by Crippen LogP contribution is 2.35. The SMILES string of the molecule is CC/C(C(=O)O)=C1\CCC(C)C(C)C1. The molecule has 1 N–H and O–H groups in total. The molecule has 80 valence electrons. The van der Waals surface area contributed by atoms with Gasteiger partial charge in [-0.1, -0.05) is 26.3 Å². The Morgan fingerprint density at radius 2 is 2.07 bits per heavy atom. The number of carboxylic acids is 1. The van der Waals surface area contributed by atoms with Crippen molar-refractivity contribution in [2.45, 2.75) is 46.5 Å². The van der Waals surface area contributed by atoms with Crippen LogP contribution in [0.4, 0.5) is 0 Å². The zero-order valence-electron chi connectivity index (χ0n) is 9.34. The van der Waals surface area contributed by atoms with Crippen molar-refractivity contribution >= 4 is 5.97 Å². The van der Waals surface area contributed by atoms with E-state index in [0.29, 0.717) is 17.9 Å². The van der Waals surface area contributed by atoms with Gasteiger partial charge in [0.05, 0.1) is 0 Å². The summed E-state index contributed by atoms with van der Waals surface area (Å²) < 4.78 is 0. The second-order valence-electron chi connectivity index (χ2n) is 4.44. The van der Waals surface area contributed by atoms with Crippen molar-refractivity contribution in [3.8, 4) is 0 Å². The molecule has 14 heavy (non-hydrogen) atoms. The molecule has 0 aromatic rings. The molecular formula is C12H20O2. The van der Waals surface area contributed by atoms with Gasteiger partial charge in [0.1, 0.15) is 0 Å². The summed E-state index contributed by atoms with van der Waals surface area (Å²) >= 11 is 0. The van der Waals surface area contributed by atoms with Gasteiger partial charge in [-0.2, -0.15) is 0 Å². The van der Waals surface area contributed by atoms with Crippen LogP contribution in [-0.4, -0.2) is 11.1 Å².